The summed E-state index contributed by atoms with van der Waals surface area (Å²) in [6.45, 7) is 2.07. The predicted octanol–water partition coefficient (Wildman–Crippen LogP) is 19.9. The largest absolute Gasteiger partial charge is 0.307 e. The molecule has 83 heavy (non-hydrogen) atoms. The normalized spacial score (nSPS) is 12.1. The Bertz CT molecular complexity index is 5920. The number of aromatic nitrogens is 5. The Morgan fingerprint density at radius 2 is 0.590 bits per heavy atom. The van der Waals surface area contributed by atoms with Crippen molar-refractivity contribution in [3.8, 4) is 40.1 Å². The van der Waals surface area contributed by atoms with Crippen LogP contribution >= 0.6 is 0 Å². The summed E-state index contributed by atoms with van der Waals surface area (Å²) in [4.78, 5) is 5.64. The molecule has 0 fully saturated rings. The van der Waals surface area contributed by atoms with Crippen molar-refractivity contribution in [1.29, 1.82) is 5.26 Å². The van der Waals surface area contributed by atoms with E-state index in [1.807, 2.05) is 0 Å². The summed E-state index contributed by atoms with van der Waals surface area (Å²) in [6.07, 6.45) is 0. The van der Waals surface area contributed by atoms with E-state index >= 15 is 0 Å². The van der Waals surface area contributed by atoms with Crippen LogP contribution in [0.5, 0.6) is 0 Å². The maximum atomic E-state index is 13.1. The lowest BCUT2D eigenvalue weighted by Gasteiger charge is -2.29. The summed E-state index contributed by atoms with van der Waals surface area (Å²) in [5.74, 6) is 0. The van der Waals surface area contributed by atoms with Crippen molar-refractivity contribution in [3.63, 3.8) is 0 Å². The number of rotatable bonds is 5. The molecule has 6 heteroatoms. The summed E-state index contributed by atoms with van der Waals surface area (Å²) < 4.78 is 9.85. The summed E-state index contributed by atoms with van der Waals surface area (Å²) in [5, 5.41) is 31.3. The fraction of sp³-hybridized carbons (Fsp3) is 0.0130. The average Bonchev–Trinajstić information content (AvgIpc) is 1.85. The molecule has 0 atom stereocenters. The van der Waals surface area contributed by atoms with E-state index in [4.69, 9.17) is 4.98 Å². The van der Waals surface area contributed by atoms with Gasteiger partial charge in [-0.1, -0.05) is 200 Å². The Labute approximate surface area is 475 Å². The van der Waals surface area contributed by atoms with Crippen LogP contribution in [-0.2, 0) is 0 Å². The molecule has 5 aromatic heterocycles. The van der Waals surface area contributed by atoms with Crippen molar-refractivity contribution >= 4 is 130 Å². The molecule has 6 nitrogen and oxygen atoms in total. The van der Waals surface area contributed by atoms with Crippen LogP contribution in [0.1, 0.15) is 11.3 Å². The zero-order valence-electron chi connectivity index (χ0n) is 45.0. The number of fused-ring (bicyclic) bond motifs is 20. The van der Waals surface area contributed by atoms with Crippen molar-refractivity contribution in [1.82, 2.24) is 23.3 Å². The molecule has 384 valence electrons. The van der Waals surface area contributed by atoms with E-state index in [-0.39, 0.29) is 0 Å². The molecule has 0 N–H and O–H groups in total. The van der Waals surface area contributed by atoms with E-state index in [1.54, 1.807) is 0 Å². The van der Waals surface area contributed by atoms with E-state index in [0.717, 1.165) is 170 Å². The number of pyridine rings is 1. The molecule has 0 saturated heterocycles. The van der Waals surface area contributed by atoms with Crippen LogP contribution in [0.2, 0.25) is 0 Å². The topological polar surface area (TPSA) is 56.4 Å². The van der Waals surface area contributed by atoms with Gasteiger partial charge < -0.3 is 18.3 Å². The van der Waals surface area contributed by atoms with E-state index < -0.39 is 0 Å². The van der Waals surface area contributed by atoms with Gasteiger partial charge in [-0.15, -0.1) is 0 Å². The van der Waals surface area contributed by atoms with Crippen LogP contribution in [0.4, 0.5) is 0 Å². The molecule has 5 heterocycles. The van der Waals surface area contributed by atoms with Gasteiger partial charge in [-0.3, -0.25) is 4.98 Å². The van der Waals surface area contributed by atoms with Gasteiger partial charge in [-0.25, -0.2) is 0 Å². The lowest BCUT2D eigenvalue weighted by Crippen LogP contribution is -2.16. The van der Waals surface area contributed by atoms with Crippen molar-refractivity contribution < 1.29 is 0 Å². The molecular formula is C77H46N6. The van der Waals surface area contributed by atoms with Crippen molar-refractivity contribution in [3.05, 3.63) is 272 Å². The number of hydrogen-bond acceptors (Lipinski definition) is 2. The van der Waals surface area contributed by atoms with Gasteiger partial charge in [0.2, 0.25) is 0 Å². The van der Waals surface area contributed by atoms with Gasteiger partial charge in [0.25, 0.3) is 0 Å². The van der Waals surface area contributed by atoms with Gasteiger partial charge in [0.05, 0.1) is 78.1 Å². The first-order chi connectivity index (χ1) is 41.1. The molecule has 18 rings (SSSR count). The number of para-hydroxylation sites is 4. The minimum absolute atomic E-state index is 0.506. The van der Waals surface area contributed by atoms with E-state index in [1.165, 1.54) is 0 Å². The molecule has 0 aliphatic carbocycles. The molecule has 0 saturated carbocycles. The van der Waals surface area contributed by atoms with E-state index in [0.29, 0.717) is 5.56 Å². The van der Waals surface area contributed by atoms with Crippen LogP contribution in [0, 0.1) is 18.3 Å². The predicted molar refractivity (Wildman–Crippen MR) is 347 cm³/mol. The summed E-state index contributed by atoms with van der Waals surface area (Å²) in [5.41, 5.74) is 14.2. The highest BCUT2D eigenvalue weighted by atomic mass is 15.1. The molecule has 0 aliphatic heterocycles. The van der Waals surface area contributed by atoms with Crippen LogP contribution < -0.4 is 0 Å². The summed E-state index contributed by atoms with van der Waals surface area (Å²) in [7, 11) is 0. The summed E-state index contributed by atoms with van der Waals surface area (Å²) in [6, 6.07) is 97.7. The zero-order chi connectivity index (χ0) is 54.6. The van der Waals surface area contributed by atoms with Crippen LogP contribution in [0.25, 0.3) is 164 Å². The van der Waals surface area contributed by atoms with Gasteiger partial charge in [-0.05, 0) is 111 Å². The third-order valence-corrected chi connectivity index (χ3v) is 17.8. The Morgan fingerprint density at radius 3 is 0.952 bits per heavy atom. The summed E-state index contributed by atoms with van der Waals surface area (Å²) >= 11 is 0. The quantitative estimate of drug-likeness (QED) is 0.172. The van der Waals surface area contributed by atoms with Crippen LogP contribution in [0.15, 0.2) is 261 Å². The molecule has 0 amide bonds. The highest BCUT2D eigenvalue weighted by Gasteiger charge is 2.36. The van der Waals surface area contributed by atoms with Crippen molar-refractivity contribution in [2.75, 3.05) is 0 Å². The Hall–Kier alpha value is -11.3. The Kier molecular flexibility index (Phi) is 9.41. The second kappa shape index (κ2) is 17.1. The molecule has 18 aromatic rings. The van der Waals surface area contributed by atoms with Gasteiger partial charge >= 0.3 is 0 Å². The first-order valence-electron chi connectivity index (χ1n) is 28.4. The highest BCUT2D eigenvalue weighted by Crippen LogP contribution is 2.53. The minimum atomic E-state index is 0.506. The first-order valence-corrected chi connectivity index (χ1v) is 28.4. The molecular weight excluding hydrogens is 1010 g/mol. The standard InChI is InChI=1S/C77H46N6/c1-46-19-18-32-60(79-46)73-74(80-61-33-14-10-28-55(61)69-51-24-6-2-20-47(51)37-41-65(69)80)59(45-78)75(81-62-34-15-11-29-56(62)70-52-25-7-3-21-48(52)38-42-66(70)81)77(83-64-36-17-13-31-58(64)72-54-27-9-5-23-50(54)40-44-68(72)83)76(73)82-63-35-16-12-30-57(63)71-53-26-8-4-22-49(53)39-43-67(71)82/h2-44H,1H3. The molecule has 0 aliphatic rings. The Morgan fingerprint density at radius 1 is 0.277 bits per heavy atom. The van der Waals surface area contributed by atoms with Crippen LogP contribution in [-0.4, -0.2) is 23.3 Å². The first kappa shape index (κ1) is 45.6. The number of benzene rings is 13. The molecule has 0 unspecified atom stereocenters. The molecule has 0 bridgehead atoms. The second-order valence-corrected chi connectivity index (χ2v) is 22.1. The van der Waals surface area contributed by atoms with Crippen molar-refractivity contribution in [2.45, 2.75) is 6.92 Å². The number of nitrogens with zero attached hydrogens (tertiary/aromatic N) is 6. The molecule has 0 radical (unpaired) electrons. The maximum absolute atomic E-state index is 13.1. The monoisotopic (exact) mass is 1050 g/mol. The fourth-order valence-corrected chi connectivity index (χ4v) is 14.5. The third kappa shape index (κ3) is 6.17. The minimum Gasteiger partial charge on any atom is -0.307 e. The Balaban J connectivity index is 1.21. The van der Waals surface area contributed by atoms with Crippen molar-refractivity contribution in [2.24, 2.45) is 0 Å². The number of aryl methyl sites for hydroxylation is 1. The second-order valence-electron chi connectivity index (χ2n) is 22.1. The number of nitriles is 1. The van der Waals surface area contributed by atoms with E-state index in [9.17, 15) is 5.26 Å². The fourth-order valence-electron chi connectivity index (χ4n) is 14.5. The lowest BCUT2D eigenvalue weighted by atomic mass is 9.95. The zero-order valence-corrected chi connectivity index (χ0v) is 45.0. The smallest absolute Gasteiger partial charge is 0.104 e. The maximum Gasteiger partial charge on any atom is 0.104 e. The van der Waals surface area contributed by atoms with E-state index in [2.05, 4.69) is 292 Å². The number of hydrogen-bond donors (Lipinski definition) is 0. The molecule has 13 aromatic carbocycles. The van der Waals surface area contributed by atoms with Crippen LogP contribution in [0.3, 0.4) is 0 Å². The van der Waals surface area contributed by atoms with Gasteiger partial charge in [-0.2, -0.15) is 5.26 Å². The van der Waals surface area contributed by atoms with Gasteiger partial charge in [0.15, 0.2) is 0 Å². The molecule has 0 spiro atoms. The lowest BCUT2D eigenvalue weighted by molar-refractivity contribution is 1.03. The average molecular weight is 1060 g/mol. The highest BCUT2D eigenvalue weighted by molar-refractivity contribution is 6.27. The van der Waals surface area contributed by atoms with Gasteiger partial charge in [0, 0.05) is 48.8 Å². The van der Waals surface area contributed by atoms with Gasteiger partial charge in [0.1, 0.15) is 11.6 Å². The third-order valence-electron chi connectivity index (χ3n) is 17.8. The SMILES string of the molecule is Cc1cccc(-c2c(-n3c4ccccc4c4c5ccccc5ccc43)c(C#N)c(-n3c4ccccc4c4c5ccccc5ccc43)c(-n3c4ccccc4c4c5ccccc5ccc43)c2-n2c3ccccc3c3c4ccccc4ccc32)n1.